The average Bonchev–Trinajstić information content (AvgIpc) is 2.39. The van der Waals surface area contributed by atoms with Crippen LogP contribution in [0.2, 0.25) is 0 Å². The van der Waals surface area contributed by atoms with Gasteiger partial charge in [-0.1, -0.05) is 12.5 Å². The van der Waals surface area contributed by atoms with E-state index in [0.717, 1.165) is 18.7 Å². The second-order valence-electron chi connectivity index (χ2n) is 5.26. The Kier molecular flexibility index (Phi) is 5.16. The minimum atomic E-state index is -0.571. The molecule has 0 saturated carbocycles. The zero-order valence-electron chi connectivity index (χ0n) is 11.4. The first-order valence-electron chi connectivity index (χ1n) is 6.94. The second kappa shape index (κ2) is 6.87. The van der Waals surface area contributed by atoms with Crippen molar-refractivity contribution < 1.29 is 14.2 Å². The van der Waals surface area contributed by atoms with Crippen molar-refractivity contribution in [1.29, 1.82) is 0 Å². The lowest BCUT2D eigenvalue weighted by molar-refractivity contribution is 0.0604. The fraction of sp³-hybridized carbons (Fsp3) is 0.600. The lowest BCUT2D eigenvalue weighted by Gasteiger charge is -2.28. The maximum atomic E-state index is 13.5. The zero-order chi connectivity index (χ0) is 13.7. The number of piperidine rings is 1. The Balaban J connectivity index is 1.77. The summed E-state index contributed by atoms with van der Waals surface area (Å²) in [4.78, 5) is 2.24. The predicted octanol–water partition coefficient (Wildman–Crippen LogP) is 2.36. The third-order valence-electron chi connectivity index (χ3n) is 3.44. The molecule has 106 valence electrons. The van der Waals surface area contributed by atoms with E-state index in [1.54, 1.807) is 12.1 Å². The van der Waals surface area contributed by atoms with Crippen molar-refractivity contribution >= 4 is 0 Å². The van der Waals surface area contributed by atoms with E-state index < -0.39 is 6.10 Å². The van der Waals surface area contributed by atoms with E-state index in [1.807, 2.05) is 6.92 Å². The second-order valence-corrected chi connectivity index (χ2v) is 5.26. The number of β-amino-alcohol motifs (C(OH)–C–C–N with tert-alkyl or cyclic N) is 1. The largest absolute Gasteiger partial charge is 0.488 e. The molecule has 19 heavy (non-hydrogen) atoms. The maximum Gasteiger partial charge on any atom is 0.165 e. The molecule has 1 N–H and O–H groups in total. The van der Waals surface area contributed by atoms with Crippen molar-refractivity contribution in [3.05, 3.63) is 29.6 Å². The van der Waals surface area contributed by atoms with Crippen LogP contribution in [0.1, 0.15) is 24.8 Å². The first kappa shape index (κ1) is 14.3. The Morgan fingerprint density at radius 3 is 2.74 bits per heavy atom. The van der Waals surface area contributed by atoms with Crippen LogP contribution in [0, 0.1) is 12.7 Å². The van der Waals surface area contributed by atoms with Crippen molar-refractivity contribution in [2.24, 2.45) is 0 Å². The fourth-order valence-corrected chi connectivity index (χ4v) is 2.40. The van der Waals surface area contributed by atoms with Gasteiger partial charge in [-0.3, -0.25) is 0 Å². The molecule has 1 heterocycles. The molecule has 1 saturated heterocycles. The molecule has 0 spiro atoms. The van der Waals surface area contributed by atoms with Crippen LogP contribution < -0.4 is 4.74 Å². The summed E-state index contributed by atoms with van der Waals surface area (Å²) in [5, 5.41) is 9.92. The molecule has 1 aliphatic rings. The van der Waals surface area contributed by atoms with E-state index in [9.17, 15) is 9.50 Å². The number of aliphatic hydroxyl groups is 1. The van der Waals surface area contributed by atoms with Crippen molar-refractivity contribution in [3.63, 3.8) is 0 Å². The zero-order valence-corrected chi connectivity index (χ0v) is 11.4. The van der Waals surface area contributed by atoms with Crippen LogP contribution in [-0.2, 0) is 0 Å². The van der Waals surface area contributed by atoms with Gasteiger partial charge in [-0.05, 0) is 50.6 Å². The fourth-order valence-electron chi connectivity index (χ4n) is 2.40. The monoisotopic (exact) mass is 267 g/mol. The van der Waals surface area contributed by atoms with Crippen LogP contribution in [0.25, 0.3) is 0 Å². The number of hydrogen-bond donors (Lipinski definition) is 1. The first-order valence-corrected chi connectivity index (χ1v) is 6.94. The van der Waals surface area contributed by atoms with Crippen LogP contribution in [0.15, 0.2) is 18.2 Å². The number of aryl methyl sites for hydroxylation is 1. The molecule has 1 aromatic rings. The van der Waals surface area contributed by atoms with Gasteiger partial charge in [0, 0.05) is 6.54 Å². The van der Waals surface area contributed by atoms with Gasteiger partial charge >= 0.3 is 0 Å². The molecule has 0 bridgehead atoms. The van der Waals surface area contributed by atoms with Crippen LogP contribution in [0.3, 0.4) is 0 Å². The molecule has 0 aliphatic carbocycles. The summed E-state index contributed by atoms with van der Waals surface area (Å²) in [6.45, 7) is 4.65. The van der Waals surface area contributed by atoms with E-state index in [0.29, 0.717) is 6.54 Å². The van der Waals surface area contributed by atoms with Gasteiger partial charge in [-0.25, -0.2) is 4.39 Å². The highest BCUT2D eigenvalue weighted by Crippen LogP contribution is 2.18. The highest BCUT2D eigenvalue weighted by atomic mass is 19.1. The Bertz CT molecular complexity index is 405. The Labute approximate surface area is 114 Å². The summed E-state index contributed by atoms with van der Waals surface area (Å²) in [7, 11) is 0. The molecule has 1 aliphatic heterocycles. The van der Waals surface area contributed by atoms with Gasteiger partial charge in [0.25, 0.3) is 0 Å². The van der Waals surface area contributed by atoms with Gasteiger partial charge in [-0.15, -0.1) is 0 Å². The van der Waals surface area contributed by atoms with E-state index >= 15 is 0 Å². The average molecular weight is 267 g/mol. The number of hydrogen-bond acceptors (Lipinski definition) is 3. The minimum absolute atomic E-state index is 0.135. The van der Waals surface area contributed by atoms with Crippen LogP contribution in [0.5, 0.6) is 5.75 Å². The molecule has 2 rings (SSSR count). The third-order valence-corrected chi connectivity index (χ3v) is 3.44. The predicted molar refractivity (Wildman–Crippen MR) is 72.9 cm³/mol. The number of aliphatic hydroxyl groups excluding tert-OH is 1. The van der Waals surface area contributed by atoms with Crippen molar-refractivity contribution in [2.45, 2.75) is 32.3 Å². The summed E-state index contributed by atoms with van der Waals surface area (Å²) >= 11 is 0. The van der Waals surface area contributed by atoms with Gasteiger partial charge < -0.3 is 14.7 Å². The topological polar surface area (TPSA) is 32.7 Å². The van der Waals surface area contributed by atoms with E-state index in [1.165, 1.54) is 25.3 Å². The summed E-state index contributed by atoms with van der Waals surface area (Å²) in [6, 6.07) is 4.85. The van der Waals surface area contributed by atoms with Crippen molar-refractivity contribution in [1.82, 2.24) is 4.90 Å². The summed E-state index contributed by atoms with van der Waals surface area (Å²) in [5.74, 6) is -0.159. The van der Waals surface area contributed by atoms with E-state index in [-0.39, 0.29) is 18.2 Å². The number of rotatable bonds is 5. The number of halogens is 1. The van der Waals surface area contributed by atoms with Crippen molar-refractivity contribution in [2.75, 3.05) is 26.2 Å². The molecule has 1 unspecified atom stereocenters. The molecule has 1 aromatic carbocycles. The molecule has 1 atom stereocenters. The van der Waals surface area contributed by atoms with Gasteiger partial charge in [0.15, 0.2) is 11.6 Å². The van der Waals surface area contributed by atoms with Gasteiger partial charge in [0.05, 0.1) is 0 Å². The van der Waals surface area contributed by atoms with Gasteiger partial charge in [0.1, 0.15) is 12.7 Å². The van der Waals surface area contributed by atoms with Crippen molar-refractivity contribution in [3.8, 4) is 5.75 Å². The number of benzene rings is 1. The Morgan fingerprint density at radius 2 is 2.05 bits per heavy atom. The van der Waals surface area contributed by atoms with Crippen LogP contribution in [0.4, 0.5) is 4.39 Å². The normalized spacial score (nSPS) is 18.3. The third kappa shape index (κ3) is 4.48. The van der Waals surface area contributed by atoms with E-state index in [2.05, 4.69) is 4.90 Å². The molecule has 1 fully saturated rings. The SMILES string of the molecule is Cc1ccc(OCC(O)CN2CCCCC2)c(F)c1. The lowest BCUT2D eigenvalue weighted by Crippen LogP contribution is -2.38. The minimum Gasteiger partial charge on any atom is -0.488 e. The Morgan fingerprint density at radius 1 is 1.32 bits per heavy atom. The highest BCUT2D eigenvalue weighted by molar-refractivity contribution is 5.28. The summed E-state index contributed by atoms with van der Waals surface area (Å²) < 4.78 is 18.9. The maximum absolute atomic E-state index is 13.5. The Hall–Kier alpha value is -1.13. The number of ether oxygens (including phenoxy) is 1. The summed E-state index contributed by atoms with van der Waals surface area (Å²) in [5.41, 5.74) is 0.860. The summed E-state index contributed by atoms with van der Waals surface area (Å²) in [6.07, 6.45) is 3.09. The van der Waals surface area contributed by atoms with Crippen LogP contribution >= 0.6 is 0 Å². The molecule has 0 aromatic heterocycles. The van der Waals surface area contributed by atoms with Crippen LogP contribution in [-0.4, -0.2) is 42.4 Å². The molecular formula is C15H22FNO2. The molecular weight excluding hydrogens is 245 g/mol. The number of likely N-dealkylation sites (tertiary alicyclic amines) is 1. The molecule has 4 heteroatoms. The molecule has 0 radical (unpaired) electrons. The van der Waals surface area contributed by atoms with Gasteiger partial charge in [-0.2, -0.15) is 0 Å². The van der Waals surface area contributed by atoms with Gasteiger partial charge in [0.2, 0.25) is 0 Å². The highest BCUT2D eigenvalue weighted by Gasteiger charge is 2.15. The molecule has 0 amide bonds. The quantitative estimate of drug-likeness (QED) is 0.889. The smallest absolute Gasteiger partial charge is 0.165 e. The lowest BCUT2D eigenvalue weighted by atomic mass is 10.1. The first-order chi connectivity index (χ1) is 9.15. The standard InChI is InChI=1S/C15H22FNO2/c1-12-5-6-15(14(16)9-12)19-11-13(18)10-17-7-3-2-4-8-17/h5-6,9,13,18H,2-4,7-8,10-11H2,1H3. The molecule has 3 nitrogen and oxygen atoms in total. The number of nitrogens with zero attached hydrogens (tertiary/aromatic N) is 1. The van der Waals surface area contributed by atoms with E-state index in [4.69, 9.17) is 4.74 Å².